The zero-order chi connectivity index (χ0) is 53.1. The first-order valence-corrected chi connectivity index (χ1v) is 27.3. The van der Waals surface area contributed by atoms with Crippen molar-refractivity contribution in [2.24, 2.45) is 16.3 Å². The van der Waals surface area contributed by atoms with Gasteiger partial charge in [-0.3, -0.25) is 24.3 Å². The summed E-state index contributed by atoms with van der Waals surface area (Å²) < 4.78 is 14.5. The predicted molar refractivity (Wildman–Crippen MR) is 298 cm³/mol. The number of ether oxygens (including phenoxy) is 2. The van der Waals surface area contributed by atoms with Crippen LogP contribution in [-0.2, 0) is 20.1 Å². The van der Waals surface area contributed by atoms with Crippen molar-refractivity contribution in [3.8, 4) is 21.9 Å². The maximum atomic E-state index is 12.9. The summed E-state index contributed by atoms with van der Waals surface area (Å²) in [7, 11) is 3.44. The number of carboxylic acids is 1. The third-order valence-corrected chi connectivity index (χ3v) is 19.4. The number of carbonyl (C=O) groups excluding carboxylic acids is 4. The van der Waals surface area contributed by atoms with E-state index < -0.39 is 12.0 Å². The van der Waals surface area contributed by atoms with Gasteiger partial charge in [0.1, 0.15) is 42.1 Å². The van der Waals surface area contributed by atoms with E-state index in [0.29, 0.717) is 47.2 Å². The Labute approximate surface area is 447 Å². The minimum Gasteiger partial charge on any atom is -0.483 e. The summed E-state index contributed by atoms with van der Waals surface area (Å²) in [6.45, 7) is 17.5. The van der Waals surface area contributed by atoms with E-state index in [4.69, 9.17) is 21.1 Å². The van der Waals surface area contributed by atoms with E-state index in [0.717, 1.165) is 102 Å². The number of carbonyl (C=O) groups is 5. The Morgan fingerprint density at radius 3 is 2.45 bits per heavy atom. The van der Waals surface area contributed by atoms with Gasteiger partial charge in [-0.15, -0.1) is 11.3 Å². The molecule has 4 aliphatic rings. The molecule has 3 saturated heterocycles. The average molecular weight is 1060 g/mol. The zero-order valence-corrected chi connectivity index (χ0v) is 45.6. The lowest BCUT2D eigenvalue weighted by atomic mass is 9.51. The molecule has 4 unspecified atom stereocenters. The number of hydrogen-bond acceptors (Lipinski definition) is 14. The number of anilines is 2. The highest BCUT2D eigenvalue weighted by atomic mass is 35.5. The van der Waals surface area contributed by atoms with Crippen LogP contribution in [0.1, 0.15) is 110 Å². The van der Waals surface area contributed by atoms with Crippen LogP contribution in [0.15, 0.2) is 77.8 Å². The summed E-state index contributed by atoms with van der Waals surface area (Å²) in [5, 5.41) is 18.5. The number of aromatic carboxylic acids is 1. The summed E-state index contributed by atoms with van der Waals surface area (Å²) in [6.07, 6.45) is 6.62. The lowest BCUT2D eigenvalue weighted by Crippen LogP contribution is -2.75. The predicted octanol–water partition coefficient (Wildman–Crippen LogP) is 11.3. The van der Waals surface area contributed by atoms with E-state index in [1.54, 1.807) is 7.05 Å². The Balaban J connectivity index is 0.904. The molecule has 3 aliphatic heterocycles. The van der Waals surface area contributed by atoms with Crippen LogP contribution in [0.2, 0.25) is 5.02 Å². The number of piperidine rings is 3. The van der Waals surface area contributed by atoms with Gasteiger partial charge in [-0.2, -0.15) is 0 Å². The van der Waals surface area contributed by atoms with Crippen LogP contribution in [0.4, 0.5) is 17.1 Å². The number of carboxylic acid groups (broad SMARTS) is 1. The Morgan fingerprint density at radius 1 is 1.00 bits per heavy atom. The number of hydrogen-bond donors (Lipinski definition) is 3. The molecular formula is C57H67ClN6O8S2. The fourth-order valence-corrected chi connectivity index (χ4v) is 14.8. The second-order valence-corrected chi connectivity index (χ2v) is 23.4. The molecule has 0 spiro atoms. The second-order valence-electron chi connectivity index (χ2n) is 21.1. The smallest absolute Gasteiger partial charge is 0.349 e. The zero-order valence-electron chi connectivity index (χ0n) is 43.2. The van der Waals surface area contributed by atoms with Crippen LogP contribution in [0.25, 0.3) is 21.2 Å². The van der Waals surface area contributed by atoms with E-state index in [-0.39, 0.29) is 63.0 Å². The Bertz CT molecular complexity index is 2940. The number of halogens is 1. The number of thiophene rings is 1. The van der Waals surface area contributed by atoms with E-state index in [1.165, 1.54) is 5.56 Å². The van der Waals surface area contributed by atoms with Crippen molar-refractivity contribution in [1.29, 1.82) is 0 Å². The van der Waals surface area contributed by atoms with Crippen LogP contribution in [0, 0.1) is 11.3 Å². The molecular weight excluding hydrogens is 996 g/mol. The van der Waals surface area contributed by atoms with E-state index >= 15 is 0 Å². The number of amides is 1. The molecule has 4 atom stereocenters. The molecule has 4 aromatic carbocycles. The van der Waals surface area contributed by atoms with Gasteiger partial charge in [-0.25, -0.2) is 9.10 Å². The van der Waals surface area contributed by atoms with Crippen molar-refractivity contribution in [3.63, 3.8) is 0 Å². The second kappa shape index (κ2) is 22.6. The maximum absolute atomic E-state index is 12.9. The molecule has 4 fully saturated rings. The SMILES string of the molecule is C=Nc1cc(CSN2C(C)(C)C3CC(C)(C)C2(C)CC3Nc2cccc(-c3sc(C(=O)O)c(OCC=O)c3Cl)c2)ccc1OCN1CCC(c2ccc(N(C)C(CCC=O)C(=O)NC)c3c(C=O)cccc23)CC1. The van der Waals surface area contributed by atoms with E-state index in [2.05, 4.69) is 90.4 Å². The highest BCUT2D eigenvalue weighted by Crippen LogP contribution is 2.63. The number of benzene rings is 4. The first-order chi connectivity index (χ1) is 35.4. The Kier molecular flexibility index (Phi) is 16.6. The molecule has 2 bridgehead atoms. The fourth-order valence-electron chi connectivity index (χ4n) is 11.9. The molecule has 17 heteroatoms. The van der Waals surface area contributed by atoms with Gasteiger partial charge in [-0.05, 0) is 129 Å². The van der Waals surface area contributed by atoms with Crippen molar-refractivity contribution in [1.82, 2.24) is 14.5 Å². The lowest BCUT2D eigenvalue weighted by molar-refractivity contribution is -0.138. The third-order valence-electron chi connectivity index (χ3n) is 16.1. The number of nitrogens with one attached hydrogen (secondary N) is 2. The quantitative estimate of drug-likeness (QED) is 0.0340. The molecule has 4 heterocycles. The van der Waals surface area contributed by atoms with Gasteiger partial charge >= 0.3 is 5.97 Å². The summed E-state index contributed by atoms with van der Waals surface area (Å²) in [4.78, 5) is 68.9. The minimum absolute atomic E-state index is 0.00951. The number of likely N-dealkylation sites (N-methyl/N-ethyl adjacent to an activating group) is 2. The largest absolute Gasteiger partial charge is 0.483 e. The van der Waals surface area contributed by atoms with Gasteiger partial charge < -0.3 is 34.9 Å². The third kappa shape index (κ3) is 10.6. The van der Waals surface area contributed by atoms with Gasteiger partial charge in [0.2, 0.25) is 5.91 Å². The van der Waals surface area contributed by atoms with E-state index in [9.17, 15) is 29.1 Å². The van der Waals surface area contributed by atoms with Crippen LogP contribution in [0.3, 0.4) is 0 Å². The van der Waals surface area contributed by atoms with Crippen LogP contribution < -0.4 is 25.0 Å². The Morgan fingerprint density at radius 2 is 1.76 bits per heavy atom. The summed E-state index contributed by atoms with van der Waals surface area (Å²) in [5.41, 5.74) is 5.68. The van der Waals surface area contributed by atoms with Crippen LogP contribution in [0.5, 0.6) is 11.5 Å². The first kappa shape index (κ1) is 54.5. The minimum atomic E-state index is -1.16. The molecule has 0 radical (unpaired) electrons. The standard InChI is InChI=1S/C57H67ClN6O8S2/c1-55(2)30-42-44(61-39-14-9-12-37(29-39)51-49(58)50(71-27-26-66)52(74-51)54(69)70)31-57(55,5)64(56(42,3)4)73-33-35-17-20-47(43(28-35)59-6)72-34-63-23-21-36(22-24-63)40-18-19-45(48-38(32-67)13-10-15-41(40)48)62(8)46(16-11-25-65)53(68)60-7/h9-10,12-15,17-20,25-26,28-29,32,36,42,44,46,61H,6,11,16,21-24,27,30-31,33-34H2,1-5,7-8H3,(H,60,68)(H,69,70). The molecule has 1 aromatic heterocycles. The molecule has 5 aromatic rings. The highest BCUT2D eigenvalue weighted by Gasteiger charge is 2.65. The van der Waals surface area contributed by atoms with Gasteiger partial charge in [0.15, 0.2) is 23.2 Å². The van der Waals surface area contributed by atoms with Crippen molar-refractivity contribution < 1.29 is 38.6 Å². The van der Waals surface area contributed by atoms with E-state index in [1.807, 2.05) is 72.4 Å². The average Bonchev–Trinajstić information content (AvgIpc) is 3.73. The van der Waals surface area contributed by atoms with Crippen molar-refractivity contribution in [2.75, 3.05) is 50.7 Å². The molecule has 392 valence electrons. The number of likely N-dealkylation sites (tertiary alicyclic amines) is 1. The van der Waals surface area contributed by atoms with Crippen LogP contribution in [-0.4, -0.2) is 115 Å². The molecule has 3 N–H and O–H groups in total. The van der Waals surface area contributed by atoms with Crippen molar-refractivity contribution >= 4 is 100 Å². The molecule has 14 nitrogen and oxygen atoms in total. The summed E-state index contributed by atoms with van der Waals surface area (Å²) in [5.74, 6) is 0.643. The fraction of sp³-hybridized carbons (Fsp3) is 0.439. The number of aliphatic imine (C=N–C) groups is 1. The van der Waals surface area contributed by atoms with Gasteiger partial charge in [0.25, 0.3) is 0 Å². The van der Waals surface area contributed by atoms with Gasteiger partial charge in [0, 0.05) is 78.8 Å². The monoisotopic (exact) mass is 1060 g/mol. The lowest BCUT2D eigenvalue weighted by Gasteiger charge is -2.70. The number of fused-ring (bicyclic) bond motifs is 4. The maximum Gasteiger partial charge on any atom is 0.349 e. The van der Waals surface area contributed by atoms with Gasteiger partial charge in [0.05, 0.1) is 4.88 Å². The summed E-state index contributed by atoms with van der Waals surface area (Å²) in [6, 6.07) is 23.6. The number of nitrogens with zero attached hydrogens (tertiary/aromatic N) is 4. The van der Waals surface area contributed by atoms with Crippen LogP contribution >= 0.6 is 34.9 Å². The van der Waals surface area contributed by atoms with Gasteiger partial charge in [-0.1, -0.05) is 79.9 Å². The topological polar surface area (TPSA) is 170 Å². The molecule has 1 amide bonds. The molecule has 1 aliphatic carbocycles. The summed E-state index contributed by atoms with van der Waals surface area (Å²) >= 11 is 9.60. The van der Waals surface area contributed by atoms with Crippen molar-refractivity contribution in [2.45, 2.75) is 108 Å². The molecule has 1 saturated carbocycles. The highest BCUT2D eigenvalue weighted by molar-refractivity contribution is 7.96. The normalized spacial score (nSPS) is 20.9. The van der Waals surface area contributed by atoms with Crippen molar-refractivity contribution in [3.05, 3.63) is 99.4 Å². The number of rotatable bonds is 22. The molecule has 9 rings (SSSR count). The molecule has 74 heavy (non-hydrogen) atoms. The number of aldehydes is 3. The first-order valence-electron chi connectivity index (χ1n) is 25.2. The Hall–Kier alpha value is -5.78.